The molecule has 1 atom stereocenters. The van der Waals surface area contributed by atoms with E-state index in [9.17, 15) is 14.4 Å². The fraction of sp³-hybridized carbons (Fsp3) is 0.211. The minimum atomic E-state index is -0.594. The molecular weight excluding hydrogens is 398 g/mol. The molecule has 1 heterocycles. The van der Waals surface area contributed by atoms with Crippen LogP contribution in [-0.2, 0) is 16.0 Å². The SMILES string of the molecule is O=C(CN1C(=O)N[C@@H](CCc2ccccc2)C1=O)Nc1ccc(Br)cc1. The van der Waals surface area contributed by atoms with Gasteiger partial charge in [-0.05, 0) is 42.7 Å². The molecule has 134 valence electrons. The van der Waals surface area contributed by atoms with Gasteiger partial charge in [0.25, 0.3) is 5.91 Å². The van der Waals surface area contributed by atoms with Crippen molar-refractivity contribution in [1.29, 1.82) is 0 Å². The lowest BCUT2D eigenvalue weighted by molar-refractivity contribution is -0.130. The molecule has 4 amide bonds. The van der Waals surface area contributed by atoms with Crippen molar-refractivity contribution in [1.82, 2.24) is 10.2 Å². The first-order valence-electron chi connectivity index (χ1n) is 8.24. The highest BCUT2D eigenvalue weighted by Crippen LogP contribution is 2.15. The molecule has 1 saturated heterocycles. The fourth-order valence-corrected chi connectivity index (χ4v) is 3.02. The lowest BCUT2D eigenvalue weighted by Crippen LogP contribution is -2.38. The second-order valence-corrected chi connectivity index (χ2v) is 6.92. The number of amides is 4. The van der Waals surface area contributed by atoms with Gasteiger partial charge in [-0.2, -0.15) is 0 Å². The van der Waals surface area contributed by atoms with Crippen LogP contribution < -0.4 is 10.6 Å². The number of anilines is 1. The van der Waals surface area contributed by atoms with Crippen LogP contribution in [0.2, 0.25) is 0 Å². The molecule has 1 aliphatic heterocycles. The van der Waals surface area contributed by atoms with Gasteiger partial charge in [0.05, 0.1) is 0 Å². The van der Waals surface area contributed by atoms with E-state index in [0.717, 1.165) is 14.9 Å². The van der Waals surface area contributed by atoms with Crippen molar-refractivity contribution in [3.05, 3.63) is 64.6 Å². The highest BCUT2D eigenvalue weighted by atomic mass is 79.9. The summed E-state index contributed by atoms with van der Waals surface area (Å²) >= 11 is 3.32. The molecule has 0 spiro atoms. The number of urea groups is 1. The highest BCUT2D eigenvalue weighted by molar-refractivity contribution is 9.10. The number of benzene rings is 2. The Kier molecular flexibility index (Phi) is 5.68. The molecule has 2 aromatic rings. The number of nitrogens with zero attached hydrogens (tertiary/aromatic N) is 1. The van der Waals surface area contributed by atoms with E-state index >= 15 is 0 Å². The topological polar surface area (TPSA) is 78.5 Å². The molecule has 6 nitrogen and oxygen atoms in total. The Bertz CT molecular complexity index is 809. The highest BCUT2D eigenvalue weighted by Gasteiger charge is 2.38. The Labute approximate surface area is 159 Å². The van der Waals surface area contributed by atoms with Crippen molar-refractivity contribution in [2.75, 3.05) is 11.9 Å². The van der Waals surface area contributed by atoms with Gasteiger partial charge in [-0.25, -0.2) is 4.79 Å². The Hall–Kier alpha value is -2.67. The number of imide groups is 1. The Morgan fingerprint density at radius 2 is 1.77 bits per heavy atom. The average Bonchev–Trinajstić information content (AvgIpc) is 2.90. The summed E-state index contributed by atoms with van der Waals surface area (Å²) in [7, 11) is 0. The zero-order chi connectivity index (χ0) is 18.5. The average molecular weight is 416 g/mol. The quantitative estimate of drug-likeness (QED) is 0.711. The Morgan fingerprint density at radius 3 is 2.46 bits per heavy atom. The van der Waals surface area contributed by atoms with E-state index < -0.39 is 18.0 Å². The van der Waals surface area contributed by atoms with Crippen LogP contribution in [0, 0.1) is 0 Å². The molecule has 0 bridgehead atoms. The fourth-order valence-electron chi connectivity index (χ4n) is 2.76. The molecule has 0 saturated carbocycles. The summed E-state index contributed by atoms with van der Waals surface area (Å²) < 4.78 is 0.894. The molecule has 0 radical (unpaired) electrons. The van der Waals surface area contributed by atoms with Gasteiger partial charge in [0.2, 0.25) is 5.91 Å². The van der Waals surface area contributed by atoms with Crippen LogP contribution in [0.25, 0.3) is 0 Å². The minimum absolute atomic E-state index is 0.303. The monoisotopic (exact) mass is 415 g/mol. The number of rotatable bonds is 6. The van der Waals surface area contributed by atoms with Gasteiger partial charge in [-0.3, -0.25) is 14.5 Å². The third-order valence-corrected chi connectivity index (χ3v) is 4.63. The predicted molar refractivity (Wildman–Crippen MR) is 102 cm³/mol. The summed E-state index contributed by atoms with van der Waals surface area (Å²) in [5, 5.41) is 5.33. The van der Waals surface area contributed by atoms with Gasteiger partial charge in [0.1, 0.15) is 12.6 Å². The number of halogens is 1. The molecular formula is C19H18BrN3O3. The second kappa shape index (κ2) is 8.14. The van der Waals surface area contributed by atoms with Crippen molar-refractivity contribution in [2.24, 2.45) is 0 Å². The summed E-state index contributed by atoms with van der Waals surface area (Å²) in [6.07, 6.45) is 1.18. The number of carbonyl (C=O) groups is 3. The first-order valence-corrected chi connectivity index (χ1v) is 9.03. The van der Waals surface area contributed by atoms with Gasteiger partial charge < -0.3 is 10.6 Å². The van der Waals surface area contributed by atoms with Crippen LogP contribution >= 0.6 is 15.9 Å². The van der Waals surface area contributed by atoms with E-state index in [-0.39, 0.29) is 12.5 Å². The largest absolute Gasteiger partial charge is 0.326 e. The Morgan fingerprint density at radius 1 is 1.08 bits per heavy atom. The van der Waals surface area contributed by atoms with Crippen molar-refractivity contribution >= 4 is 39.5 Å². The molecule has 1 aliphatic rings. The van der Waals surface area contributed by atoms with E-state index in [0.29, 0.717) is 18.5 Å². The van der Waals surface area contributed by atoms with E-state index in [1.165, 1.54) is 0 Å². The summed E-state index contributed by atoms with van der Waals surface area (Å²) in [5.74, 6) is -0.781. The molecule has 1 fully saturated rings. The van der Waals surface area contributed by atoms with Crippen LogP contribution in [0.1, 0.15) is 12.0 Å². The maximum Gasteiger partial charge on any atom is 0.325 e. The molecule has 7 heteroatoms. The first kappa shape index (κ1) is 18.1. The maximum absolute atomic E-state index is 12.4. The summed E-state index contributed by atoms with van der Waals surface area (Å²) in [6, 6.07) is 15.7. The zero-order valence-corrected chi connectivity index (χ0v) is 15.5. The Balaban J connectivity index is 1.54. The number of hydrogen-bond acceptors (Lipinski definition) is 3. The molecule has 0 aromatic heterocycles. The normalized spacial score (nSPS) is 16.5. The predicted octanol–water partition coefficient (Wildman–Crippen LogP) is 2.94. The van der Waals surface area contributed by atoms with E-state index in [1.54, 1.807) is 24.3 Å². The second-order valence-electron chi connectivity index (χ2n) is 6.01. The van der Waals surface area contributed by atoms with E-state index in [1.807, 2.05) is 30.3 Å². The number of aryl methyl sites for hydroxylation is 1. The summed E-state index contributed by atoms with van der Waals surface area (Å²) in [4.78, 5) is 37.6. The van der Waals surface area contributed by atoms with Crippen LogP contribution in [0.3, 0.4) is 0 Å². The number of nitrogens with one attached hydrogen (secondary N) is 2. The van der Waals surface area contributed by atoms with Gasteiger partial charge >= 0.3 is 6.03 Å². The van der Waals surface area contributed by atoms with Crippen molar-refractivity contribution in [3.63, 3.8) is 0 Å². The molecule has 26 heavy (non-hydrogen) atoms. The van der Waals surface area contributed by atoms with Crippen LogP contribution in [0.5, 0.6) is 0 Å². The lowest BCUT2D eigenvalue weighted by atomic mass is 10.1. The molecule has 0 aliphatic carbocycles. The van der Waals surface area contributed by atoms with E-state index in [4.69, 9.17) is 0 Å². The zero-order valence-electron chi connectivity index (χ0n) is 13.9. The summed E-state index contributed by atoms with van der Waals surface area (Å²) in [6.45, 7) is -0.303. The standard InChI is InChI=1S/C19H18BrN3O3/c20-14-7-9-15(10-8-14)21-17(24)12-23-18(25)16(22-19(23)26)11-6-13-4-2-1-3-5-13/h1-5,7-10,16H,6,11-12H2,(H,21,24)(H,22,26)/t16-/m0/s1. The van der Waals surface area contributed by atoms with Gasteiger partial charge in [-0.1, -0.05) is 46.3 Å². The minimum Gasteiger partial charge on any atom is -0.326 e. The van der Waals surface area contributed by atoms with Crippen LogP contribution in [0.15, 0.2) is 59.1 Å². The van der Waals surface area contributed by atoms with Crippen LogP contribution in [0.4, 0.5) is 10.5 Å². The van der Waals surface area contributed by atoms with Crippen LogP contribution in [-0.4, -0.2) is 35.3 Å². The third-order valence-electron chi connectivity index (χ3n) is 4.10. The van der Waals surface area contributed by atoms with Crippen molar-refractivity contribution < 1.29 is 14.4 Å². The number of carbonyl (C=O) groups excluding carboxylic acids is 3. The first-order chi connectivity index (χ1) is 12.5. The van der Waals surface area contributed by atoms with Crippen molar-refractivity contribution in [2.45, 2.75) is 18.9 Å². The number of hydrogen-bond donors (Lipinski definition) is 2. The molecule has 3 rings (SSSR count). The summed E-state index contributed by atoms with van der Waals surface area (Å²) in [5.41, 5.74) is 1.70. The maximum atomic E-state index is 12.4. The lowest BCUT2D eigenvalue weighted by Gasteiger charge is -2.13. The third kappa shape index (κ3) is 4.49. The smallest absolute Gasteiger partial charge is 0.325 e. The van der Waals surface area contributed by atoms with Gasteiger partial charge in [0, 0.05) is 10.2 Å². The molecule has 2 N–H and O–H groups in total. The van der Waals surface area contributed by atoms with Gasteiger partial charge in [0.15, 0.2) is 0 Å². The van der Waals surface area contributed by atoms with Gasteiger partial charge in [-0.15, -0.1) is 0 Å². The van der Waals surface area contributed by atoms with Crippen molar-refractivity contribution in [3.8, 4) is 0 Å². The molecule has 2 aromatic carbocycles. The van der Waals surface area contributed by atoms with E-state index in [2.05, 4.69) is 26.6 Å². The molecule has 0 unspecified atom stereocenters.